The average molecular weight is 344 g/mol. The number of rotatable bonds is 4. The van der Waals surface area contributed by atoms with E-state index in [1.54, 1.807) is 0 Å². The zero-order chi connectivity index (χ0) is 17.6. The van der Waals surface area contributed by atoms with Gasteiger partial charge in [-0.1, -0.05) is 6.07 Å². The zero-order valence-electron chi connectivity index (χ0n) is 13.5. The predicted molar refractivity (Wildman–Crippen MR) is 88.6 cm³/mol. The highest BCUT2D eigenvalue weighted by Crippen LogP contribution is 2.27. The molecule has 8 heteroatoms. The number of hydrogen-bond acceptors (Lipinski definition) is 6. The molecule has 0 saturated heterocycles. The quantitative estimate of drug-likeness (QED) is 0.602. The van der Waals surface area contributed by atoms with Crippen molar-refractivity contribution in [3.05, 3.63) is 47.5 Å². The monoisotopic (exact) mass is 344 g/mol. The Morgan fingerprint density at radius 1 is 1.00 bits per heavy atom. The maximum absolute atomic E-state index is 13.7. The van der Waals surface area contributed by atoms with Crippen LogP contribution in [0.15, 0.2) is 39.2 Å². The van der Waals surface area contributed by atoms with Crippen molar-refractivity contribution in [2.24, 2.45) is 0 Å². The highest BCUT2D eigenvalue weighted by Gasteiger charge is 2.16. The summed E-state index contributed by atoms with van der Waals surface area (Å²) in [6, 6.07) is 8.13. The third-order valence-electron chi connectivity index (χ3n) is 3.62. The van der Waals surface area contributed by atoms with Gasteiger partial charge in [0.1, 0.15) is 5.52 Å². The number of benzene rings is 2. The number of hydrogen-bond donors (Lipinski definition) is 1. The van der Waals surface area contributed by atoms with Crippen LogP contribution in [0, 0.1) is 11.6 Å². The number of nitrogens with zero attached hydrogens (tertiary/aromatic N) is 3. The first kappa shape index (κ1) is 15.5. The van der Waals surface area contributed by atoms with Crippen LogP contribution < -0.4 is 5.32 Å². The molecule has 0 saturated carbocycles. The van der Waals surface area contributed by atoms with E-state index >= 15 is 0 Å². The minimum Gasteiger partial charge on any atom is -0.423 e. The summed E-state index contributed by atoms with van der Waals surface area (Å²) in [5.41, 5.74) is 2.31. The van der Waals surface area contributed by atoms with E-state index in [0.29, 0.717) is 11.1 Å². The zero-order valence-corrected chi connectivity index (χ0v) is 13.5. The molecule has 0 spiro atoms. The van der Waals surface area contributed by atoms with Crippen LogP contribution in [0.4, 0.5) is 20.8 Å². The number of fused-ring (bicyclic) bond motifs is 2. The van der Waals surface area contributed by atoms with Gasteiger partial charge in [-0.2, -0.15) is 9.97 Å². The molecule has 6 nitrogen and oxygen atoms in total. The summed E-state index contributed by atoms with van der Waals surface area (Å²) >= 11 is 0. The second-order valence-corrected chi connectivity index (χ2v) is 5.91. The first-order valence-electron chi connectivity index (χ1n) is 7.55. The molecule has 2 heterocycles. The summed E-state index contributed by atoms with van der Waals surface area (Å²) < 4.78 is 37.9. The summed E-state index contributed by atoms with van der Waals surface area (Å²) in [4.78, 5) is 10.3. The van der Waals surface area contributed by atoms with E-state index in [1.165, 1.54) is 6.07 Å². The van der Waals surface area contributed by atoms with Crippen LogP contribution in [0.25, 0.3) is 22.2 Å². The second-order valence-electron chi connectivity index (χ2n) is 5.91. The van der Waals surface area contributed by atoms with E-state index in [-0.39, 0.29) is 23.1 Å². The van der Waals surface area contributed by atoms with E-state index in [9.17, 15) is 8.78 Å². The van der Waals surface area contributed by atoms with Crippen molar-refractivity contribution in [2.75, 3.05) is 19.4 Å². The maximum atomic E-state index is 13.7. The Bertz CT molecular complexity index is 1070. The molecule has 1 N–H and O–H groups in total. The molecule has 0 aliphatic rings. The van der Waals surface area contributed by atoms with Crippen molar-refractivity contribution >= 4 is 34.2 Å². The van der Waals surface area contributed by atoms with Gasteiger partial charge in [0.25, 0.3) is 0 Å². The first-order valence-corrected chi connectivity index (χ1v) is 7.55. The van der Waals surface area contributed by atoms with Crippen LogP contribution in [0.5, 0.6) is 0 Å². The Balaban J connectivity index is 1.65. The van der Waals surface area contributed by atoms with Gasteiger partial charge >= 0.3 is 12.0 Å². The van der Waals surface area contributed by atoms with Gasteiger partial charge < -0.3 is 13.7 Å². The summed E-state index contributed by atoms with van der Waals surface area (Å²) in [5, 5.41) is 2.73. The van der Waals surface area contributed by atoms with Gasteiger partial charge in [0, 0.05) is 6.54 Å². The van der Waals surface area contributed by atoms with Gasteiger partial charge in [0.2, 0.25) is 0 Å². The van der Waals surface area contributed by atoms with E-state index in [0.717, 1.165) is 18.2 Å². The summed E-state index contributed by atoms with van der Waals surface area (Å²) in [6.45, 7) is 0.779. The molecule has 0 bridgehead atoms. The van der Waals surface area contributed by atoms with Crippen LogP contribution in [0.3, 0.4) is 0 Å². The minimum atomic E-state index is -1.06. The number of aromatic nitrogens is 2. The Kier molecular flexibility index (Phi) is 3.61. The molecule has 128 valence electrons. The van der Waals surface area contributed by atoms with Crippen LogP contribution >= 0.6 is 0 Å². The fourth-order valence-corrected chi connectivity index (χ4v) is 2.57. The topological polar surface area (TPSA) is 67.3 Å². The normalized spacial score (nSPS) is 11.7. The highest BCUT2D eigenvalue weighted by molar-refractivity contribution is 5.77. The second kappa shape index (κ2) is 5.82. The Labute approximate surface area is 141 Å². The van der Waals surface area contributed by atoms with Crippen molar-refractivity contribution in [2.45, 2.75) is 6.54 Å². The highest BCUT2D eigenvalue weighted by atomic mass is 19.2. The first-order chi connectivity index (χ1) is 12.0. The molecule has 0 fully saturated rings. The SMILES string of the molecule is CN(C)Cc1ccc2oc(Nc3nc4c(F)c(F)ccc4o3)nc2c1. The standard InChI is InChI=1S/C17H14F2N4O2/c1-23(2)8-9-3-5-12-11(7-9)20-16(24-12)22-17-21-15-13(25-17)6-4-10(18)14(15)19/h3-7H,8H2,1-2H3,(H,20,21,22). The van der Waals surface area contributed by atoms with Gasteiger partial charge in [-0.3, -0.25) is 5.32 Å². The van der Waals surface area contributed by atoms with Gasteiger partial charge in [-0.25, -0.2) is 8.78 Å². The molecule has 2 aromatic heterocycles. The molecule has 0 unspecified atom stereocenters. The lowest BCUT2D eigenvalue weighted by atomic mass is 10.2. The van der Waals surface area contributed by atoms with E-state index in [4.69, 9.17) is 8.83 Å². The lowest BCUT2D eigenvalue weighted by Crippen LogP contribution is -2.10. The van der Waals surface area contributed by atoms with E-state index < -0.39 is 11.6 Å². The van der Waals surface area contributed by atoms with Gasteiger partial charge in [-0.15, -0.1) is 0 Å². The molecule has 0 aliphatic heterocycles. The number of halogens is 2. The number of nitrogens with one attached hydrogen (secondary N) is 1. The van der Waals surface area contributed by atoms with E-state index in [2.05, 4.69) is 15.3 Å². The van der Waals surface area contributed by atoms with Crippen molar-refractivity contribution in [1.82, 2.24) is 14.9 Å². The van der Waals surface area contributed by atoms with Crippen LogP contribution in [0.2, 0.25) is 0 Å². The largest absolute Gasteiger partial charge is 0.423 e. The summed E-state index contributed by atoms with van der Waals surface area (Å²) in [7, 11) is 3.96. The molecular weight excluding hydrogens is 330 g/mol. The number of anilines is 2. The van der Waals surface area contributed by atoms with Crippen molar-refractivity contribution in [3.8, 4) is 0 Å². The molecule has 2 aromatic carbocycles. The van der Waals surface area contributed by atoms with Crippen LogP contribution in [0.1, 0.15) is 5.56 Å². The van der Waals surface area contributed by atoms with Gasteiger partial charge in [0.15, 0.2) is 28.3 Å². The third-order valence-corrected chi connectivity index (χ3v) is 3.62. The summed E-state index contributed by atoms with van der Waals surface area (Å²) in [5.74, 6) is -2.04. The maximum Gasteiger partial charge on any atom is 0.304 e. The van der Waals surface area contributed by atoms with Crippen molar-refractivity contribution in [1.29, 1.82) is 0 Å². The predicted octanol–water partition coefficient (Wildman–Crippen LogP) is 4.05. The van der Waals surface area contributed by atoms with E-state index in [1.807, 2.05) is 37.2 Å². The third kappa shape index (κ3) is 2.91. The fraction of sp³-hybridized carbons (Fsp3) is 0.176. The Hall–Kier alpha value is -3.00. The molecule has 0 aliphatic carbocycles. The molecule has 0 radical (unpaired) electrons. The molecule has 4 rings (SSSR count). The lowest BCUT2D eigenvalue weighted by molar-refractivity contribution is 0.402. The number of oxazole rings is 2. The molecule has 0 amide bonds. The summed E-state index contributed by atoms with van der Waals surface area (Å²) in [6.07, 6.45) is 0. The van der Waals surface area contributed by atoms with Gasteiger partial charge in [-0.05, 0) is 43.9 Å². The van der Waals surface area contributed by atoms with Crippen LogP contribution in [-0.4, -0.2) is 29.0 Å². The molecule has 0 atom stereocenters. The molecular formula is C17H14F2N4O2. The van der Waals surface area contributed by atoms with Crippen molar-refractivity contribution in [3.63, 3.8) is 0 Å². The Morgan fingerprint density at radius 2 is 1.72 bits per heavy atom. The smallest absolute Gasteiger partial charge is 0.304 e. The Morgan fingerprint density at radius 3 is 2.52 bits per heavy atom. The van der Waals surface area contributed by atoms with Crippen molar-refractivity contribution < 1.29 is 17.6 Å². The lowest BCUT2D eigenvalue weighted by Gasteiger charge is -2.08. The molecule has 25 heavy (non-hydrogen) atoms. The fourth-order valence-electron chi connectivity index (χ4n) is 2.57. The van der Waals surface area contributed by atoms with Gasteiger partial charge in [0.05, 0.1) is 0 Å². The molecule has 4 aromatic rings. The van der Waals surface area contributed by atoms with Crippen LogP contribution in [-0.2, 0) is 6.54 Å². The average Bonchev–Trinajstić information content (AvgIpc) is 3.14. The minimum absolute atomic E-state index is 0.0282.